The van der Waals surface area contributed by atoms with E-state index < -0.39 is 0 Å². The van der Waals surface area contributed by atoms with Crippen LogP contribution in [0, 0.1) is 13.8 Å². The molecule has 1 unspecified atom stereocenters. The molecule has 0 amide bonds. The second-order valence-electron chi connectivity index (χ2n) is 29.3. The average Bonchev–Trinajstić information content (AvgIpc) is 0.829. The Morgan fingerprint density at radius 3 is 0.892 bits per heavy atom. The standard InChI is InChI=1S/C91H149NO10/c1-7-11-15-19-23-27-31-35-39-43-47-65-99-87-74-81(73-77(5)78(87)6)85(93)53-51-63-95-69-71-97-83-59-55-79(56-60-83)90(92)80-57-61-84(62-58-80)98-72-70-96-64-52-54-86(94)82-75-88(100-66-48-44-40-36-32-28-24-20-16-12-8-2)91(102-68-50-46-42-38-34-30-26-22-18-14-10-4)89(76-82)101-67-49-45-41-37-33-29-25-21-17-13-9-3/h55-62,73-76,90H,7-54,63-72,92H2,1-6H3. The Labute approximate surface area is 624 Å². The quantitative estimate of drug-likeness (QED) is 0.0334. The lowest BCUT2D eigenvalue weighted by Crippen LogP contribution is -2.12. The summed E-state index contributed by atoms with van der Waals surface area (Å²) in [5.41, 5.74) is 12.2. The van der Waals surface area contributed by atoms with Crippen LogP contribution < -0.4 is 34.2 Å². The molecule has 4 aromatic carbocycles. The lowest BCUT2D eigenvalue weighted by molar-refractivity contribution is 0.0867. The van der Waals surface area contributed by atoms with Crippen LogP contribution >= 0.6 is 0 Å². The summed E-state index contributed by atoms with van der Waals surface area (Å²) in [6.45, 7) is 18.2. The molecule has 4 aromatic rings. The van der Waals surface area contributed by atoms with Crippen LogP contribution in [-0.4, -0.2) is 77.6 Å². The fourth-order valence-corrected chi connectivity index (χ4v) is 13.4. The smallest absolute Gasteiger partial charge is 0.203 e. The van der Waals surface area contributed by atoms with Crippen molar-refractivity contribution in [2.75, 3.05) is 66.1 Å². The molecule has 578 valence electrons. The van der Waals surface area contributed by atoms with E-state index in [9.17, 15) is 9.59 Å². The Morgan fingerprint density at radius 1 is 0.294 bits per heavy atom. The van der Waals surface area contributed by atoms with Crippen LogP contribution in [0.5, 0.6) is 34.5 Å². The lowest BCUT2D eigenvalue weighted by Gasteiger charge is -2.19. The second-order valence-corrected chi connectivity index (χ2v) is 29.3. The average molecular weight is 1420 g/mol. The maximum absolute atomic E-state index is 14.1. The van der Waals surface area contributed by atoms with Gasteiger partial charge in [-0.1, -0.05) is 309 Å². The highest BCUT2D eigenvalue weighted by Gasteiger charge is 2.20. The Bertz CT molecular complexity index is 2590. The second kappa shape index (κ2) is 62.1. The minimum Gasteiger partial charge on any atom is -0.493 e. The Balaban J connectivity index is 1.18. The summed E-state index contributed by atoms with van der Waals surface area (Å²) >= 11 is 0. The number of carbonyl (C=O) groups excluding carboxylic acids is 2. The molecule has 0 aliphatic carbocycles. The van der Waals surface area contributed by atoms with E-state index in [-0.39, 0.29) is 17.6 Å². The molecule has 11 nitrogen and oxygen atoms in total. The molecule has 0 saturated carbocycles. The van der Waals surface area contributed by atoms with Gasteiger partial charge in [0, 0.05) is 37.2 Å². The van der Waals surface area contributed by atoms with Crippen molar-refractivity contribution in [1.82, 2.24) is 0 Å². The van der Waals surface area contributed by atoms with E-state index in [0.717, 1.165) is 84.4 Å². The maximum Gasteiger partial charge on any atom is 0.203 e. The normalized spacial score (nSPS) is 11.7. The number of Topliss-reactive ketones (excluding diaryl/α,β-unsaturated/α-hetero) is 2. The summed E-state index contributed by atoms with van der Waals surface area (Å²) in [6, 6.07) is 23.2. The molecule has 0 heterocycles. The summed E-state index contributed by atoms with van der Waals surface area (Å²) in [4.78, 5) is 27.3. The zero-order chi connectivity index (χ0) is 72.8. The molecule has 1 atom stereocenters. The molecule has 0 radical (unpaired) electrons. The van der Waals surface area contributed by atoms with Crippen molar-refractivity contribution in [2.45, 2.75) is 356 Å². The number of carbonyl (C=O) groups is 2. The minimum atomic E-state index is -0.320. The van der Waals surface area contributed by atoms with Crippen molar-refractivity contribution in [3.8, 4) is 34.5 Å². The van der Waals surface area contributed by atoms with E-state index in [0.29, 0.717) is 120 Å². The monoisotopic (exact) mass is 1420 g/mol. The van der Waals surface area contributed by atoms with E-state index in [4.69, 9.17) is 43.6 Å². The van der Waals surface area contributed by atoms with Crippen LogP contribution in [0.4, 0.5) is 0 Å². The number of unbranched alkanes of at least 4 members (excludes halogenated alkanes) is 40. The first-order valence-corrected chi connectivity index (χ1v) is 42.4. The highest BCUT2D eigenvalue weighted by molar-refractivity contribution is 5.97. The van der Waals surface area contributed by atoms with Gasteiger partial charge in [0.2, 0.25) is 5.75 Å². The Hall–Kier alpha value is -5.10. The summed E-state index contributed by atoms with van der Waals surface area (Å²) in [6.07, 6.45) is 58.4. The van der Waals surface area contributed by atoms with Gasteiger partial charge in [-0.15, -0.1) is 0 Å². The summed E-state index contributed by atoms with van der Waals surface area (Å²) < 4.78 is 50.0. The third-order valence-corrected chi connectivity index (χ3v) is 20.2. The van der Waals surface area contributed by atoms with Crippen molar-refractivity contribution in [1.29, 1.82) is 0 Å². The van der Waals surface area contributed by atoms with E-state index in [1.165, 1.54) is 238 Å². The first kappa shape index (κ1) is 89.3. The first-order chi connectivity index (χ1) is 50.2. The van der Waals surface area contributed by atoms with Crippen LogP contribution in [0.25, 0.3) is 0 Å². The zero-order valence-corrected chi connectivity index (χ0v) is 66.2. The van der Waals surface area contributed by atoms with E-state index >= 15 is 0 Å². The topological polar surface area (TPSA) is 134 Å². The number of benzene rings is 4. The predicted molar refractivity (Wildman–Crippen MR) is 429 cm³/mol. The molecule has 0 fully saturated rings. The van der Waals surface area contributed by atoms with Gasteiger partial charge in [0.05, 0.1) is 45.7 Å². The molecule has 4 rings (SSSR count). The maximum atomic E-state index is 14.1. The van der Waals surface area contributed by atoms with Gasteiger partial charge in [0.15, 0.2) is 23.1 Å². The third-order valence-electron chi connectivity index (χ3n) is 20.2. The lowest BCUT2D eigenvalue weighted by atomic mass is 9.99. The van der Waals surface area contributed by atoms with Gasteiger partial charge in [-0.3, -0.25) is 9.59 Å². The van der Waals surface area contributed by atoms with Gasteiger partial charge >= 0.3 is 0 Å². The van der Waals surface area contributed by atoms with Gasteiger partial charge in [-0.2, -0.15) is 0 Å². The Kier molecular flexibility index (Phi) is 54.4. The van der Waals surface area contributed by atoms with Crippen LogP contribution in [0.1, 0.15) is 385 Å². The molecular formula is C91H149NO10. The van der Waals surface area contributed by atoms with Crippen molar-refractivity contribution < 1.29 is 47.5 Å². The molecule has 0 spiro atoms. The van der Waals surface area contributed by atoms with Crippen LogP contribution in [0.2, 0.25) is 0 Å². The number of hydrogen-bond acceptors (Lipinski definition) is 11. The summed E-state index contributed by atoms with van der Waals surface area (Å²) in [5.74, 6) is 4.38. The van der Waals surface area contributed by atoms with E-state index in [1.807, 2.05) is 72.8 Å². The first-order valence-electron chi connectivity index (χ1n) is 42.4. The molecule has 2 N–H and O–H groups in total. The molecule has 11 heteroatoms. The van der Waals surface area contributed by atoms with Gasteiger partial charge in [0.1, 0.15) is 30.5 Å². The fourth-order valence-electron chi connectivity index (χ4n) is 13.4. The van der Waals surface area contributed by atoms with Crippen LogP contribution in [0.15, 0.2) is 72.8 Å². The SMILES string of the molecule is CCCCCCCCCCCCCOc1cc(C(=O)CCCOCCOc2ccc(C(N)c3ccc(OCCOCCCC(=O)c4cc(OCCCCCCCCCCCCC)c(OCCCCCCCCCCCCC)c(OCCCCCCCCCCCCC)c4)cc3)cc2)cc(C)c1C. The third kappa shape index (κ3) is 43.4. The van der Waals surface area contributed by atoms with Crippen LogP contribution in [-0.2, 0) is 9.47 Å². The van der Waals surface area contributed by atoms with Gasteiger partial charge in [-0.25, -0.2) is 0 Å². The largest absolute Gasteiger partial charge is 0.493 e. The highest BCUT2D eigenvalue weighted by Crippen LogP contribution is 2.40. The van der Waals surface area contributed by atoms with Crippen molar-refractivity contribution in [2.24, 2.45) is 5.73 Å². The number of rotatable bonds is 72. The number of ether oxygens (including phenoxy) is 8. The number of aryl methyl sites for hydroxylation is 1. The summed E-state index contributed by atoms with van der Waals surface area (Å²) in [7, 11) is 0. The van der Waals surface area contributed by atoms with Crippen molar-refractivity contribution >= 4 is 11.6 Å². The number of nitrogens with two attached hydrogens (primary N) is 1. The fraction of sp³-hybridized carbons (Fsp3) is 0.714. The zero-order valence-electron chi connectivity index (χ0n) is 66.2. The molecule has 102 heavy (non-hydrogen) atoms. The highest BCUT2D eigenvalue weighted by atomic mass is 16.5. The van der Waals surface area contributed by atoms with Crippen LogP contribution in [0.3, 0.4) is 0 Å². The van der Waals surface area contributed by atoms with Crippen molar-refractivity contribution in [3.63, 3.8) is 0 Å². The molecule has 0 aromatic heterocycles. The molecular weight excluding hydrogens is 1270 g/mol. The molecule has 0 saturated heterocycles. The van der Waals surface area contributed by atoms with Gasteiger partial charge in [-0.05, 0) is 123 Å². The number of ketones is 2. The number of hydrogen-bond donors (Lipinski definition) is 1. The molecule has 0 bridgehead atoms. The predicted octanol–water partition coefficient (Wildman–Crippen LogP) is 26.2. The van der Waals surface area contributed by atoms with E-state index in [2.05, 4.69) is 41.5 Å². The van der Waals surface area contributed by atoms with Gasteiger partial charge < -0.3 is 43.6 Å². The van der Waals surface area contributed by atoms with Gasteiger partial charge in [0.25, 0.3) is 0 Å². The Morgan fingerprint density at radius 2 is 0.569 bits per heavy atom. The molecule has 0 aliphatic heterocycles. The van der Waals surface area contributed by atoms with Crippen molar-refractivity contribution in [3.05, 3.63) is 106 Å². The molecule has 0 aliphatic rings. The summed E-state index contributed by atoms with van der Waals surface area (Å²) in [5, 5.41) is 0. The van der Waals surface area contributed by atoms with E-state index in [1.54, 1.807) is 0 Å². The minimum absolute atomic E-state index is 0.0474.